The molecule has 2 unspecified atom stereocenters. The van der Waals surface area contributed by atoms with E-state index in [2.05, 4.69) is 48.3 Å². The average Bonchev–Trinajstić information content (AvgIpc) is 2.97. The monoisotopic (exact) mass is 380 g/mol. The van der Waals surface area contributed by atoms with Crippen LogP contribution in [0.1, 0.15) is 62.9 Å². The van der Waals surface area contributed by atoms with E-state index in [1.165, 1.54) is 11.3 Å². The Morgan fingerprint density at radius 1 is 1.14 bits per heavy atom. The number of hydrogen-bond donors (Lipinski definition) is 1. The maximum absolute atomic E-state index is 12.1. The molecule has 3 rings (SSSR count). The number of anilines is 1. The fourth-order valence-electron chi connectivity index (χ4n) is 4.58. The van der Waals surface area contributed by atoms with Crippen LogP contribution in [0.15, 0.2) is 42.0 Å². The molecule has 4 heteroatoms. The Kier molecular flexibility index (Phi) is 6.19. The van der Waals surface area contributed by atoms with Crippen LogP contribution in [-0.2, 0) is 10.2 Å². The average molecular weight is 381 g/mol. The zero-order valence-corrected chi connectivity index (χ0v) is 17.5. The summed E-state index contributed by atoms with van der Waals surface area (Å²) >= 11 is 0. The molecule has 4 nitrogen and oxygen atoms in total. The van der Waals surface area contributed by atoms with E-state index >= 15 is 0 Å². The van der Waals surface area contributed by atoms with Crippen molar-refractivity contribution in [2.45, 2.75) is 58.4 Å². The molecule has 28 heavy (non-hydrogen) atoms. The number of Topliss-reactive ketones (excluding diaryl/α,β-unsaturated/α-hetero) is 2. The molecule has 1 aliphatic heterocycles. The van der Waals surface area contributed by atoms with Gasteiger partial charge in [-0.2, -0.15) is 0 Å². The molecule has 1 N–H and O–H groups in total. The number of benzene rings is 1. The third-order valence-corrected chi connectivity index (χ3v) is 6.12. The number of carbonyl (C=O) groups excluding carboxylic acids is 2. The molecule has 2 atom stereocenters. The van der Waals surface area contributed by atoms with Crippen molar-refractivity contribution in [3.63, 3.8) is 0 Å². The lowest BCUT2D eigenvalue weighted by Crippen LogP contribution is -2.44. The Morgan fingerprint density at radius 3 is 2.57 bits per heavy atom. The van der Waals surface area contributed by atoms with Crippen molar-refractivity contribution in [1.29, 1.82) is 0 Å². The molecule has 1 aromatic rings. The van der Waals surface area contributed by atoms with Gasteiger partial charge in [0.15, 0.2) is 11.6 Å². The highest BCUT2D eigenvalue weighted by Gasteiger charge is 2.48. The van der Waals surface area contributed by atoms with Gasteiger partial charge in [0.25, 0.3) is 0 Å². The summed E-state index contributed by atoms with van der Waals surface area (Å²) in [6.07, 6.45) is 9.40. The van der Waals surface area contributed by atoms with Crippen molar-refractivity contribution in [3.05, 3.63) is 53.1 Å². The Bertz CT molecular complexity index is 824. The van der Waals surface area contributed by atoms with Crippen LogP contribution in [-0.4, -0.2) is 37.2 Å². The molecule has 0 amide bonds. The molecule has 0 radical (unpaired) electrons. The zero-order chi connectivity index (χ0) is 20.3. The van der Waals surface area contributed by atoms with Crippen LogP contribution in [0.25, 0.3) is 0 Å². The standard InChI is InChI=1S/C24H32N2O2/c1-5-12-25-13-7-14-26-22-10-8-19(17(3)27)15-21(22)24(6-2)16-20(18(4)28)9-11-23(24)26/h8-11,15-16,23,25H,5-7,12-14H2,1-4H3. The summed E-state index contributed by atoms with van der Waals surface area (Å²) < 4.78 is 0. The second-order valence-electron chi connectivity index (χ2n) is 7.94. The zero-order valence-electron chi connectivity index (χ0n) is 17.5. The minimum atomic E-state index is -0.257. The highest BCUT2D eigenvalue weighted by atomic mass is 16.1. The molecule has 0 spiro atoms. The highest BCUT2D eigenvalue weighted by molar-refractivity contribution is 5.98. The fourth-order valence-corrected chi connectivity index (χ4v) is 4.58. The number of nitrogens with one attached hydrogen (secondary N) is 1. The van der Waals surface area contributed by atoms with Crippen LogP contribution in [0.4, 0.5) is 5.69 Å². The second kappa shape index (κ2) is 8.44. The van der Waals surface area contributed by atoms with E-state index < -0.39 is 0 Å². The predicted molar refractivity (Wildman–Crippen MR) is 115 cm³/mol. The van der Waals surface area contributed by atoms with E-state index in [9.17, 15) is 9.59 Å². The Hall–Kier alpha value is -2.20. The number of nitrogens with zero attached hydrogens (tertiary/aromatic N) is 1. The van der Waals surface area contributed by atoms with Gasteiger partial charge in [0.05, 0.1) is 6.04 Å². The van der Waals surface area contributed by atoms with Gasteiger partial charge in [-0.15, -0.1) is 0 Å². The molecule has 0 aromatic heterocycles. The van der Waals surface area contributed by atoms with Gasteiger partial charge in [0.2, 0.25) is 0 Å². The number of ketones is 2. The normalized spacial score (nSPS) is 22.6. The molecule has 0 bridgehead atoms. The van der Waals surface area contributed by atoms with Crippen LogP contribution in [0.5, 0.6) is 0 Å². The fraction of sp³-hybridized carbons (Fsp3) is 0.500. The molecule has 1 heterocycles. The van der Waals surface area contributed by atoms with Crippen LogP contribution in [0, 0.1) is 0 Å². The maximum atomic E-state index is 12.1. The van der Waals surface area contributed by atoms with E-state index in [1.807, 2.05) is 12.1 Å². The number of hydrogen-bond acceptors (Lipinski definition) is 4. The van der Waals surface area contributed by atoms with Crippen LogP contribution < -0.4 is 10.2 Å². The lowest BCUT2D eigenvalue weighted by Gasteiger charge is -2.38. The van der Waals surface area contributed by atoms with Crippen molar-refractivity contribution in [2.75, 3.05) is 24.5 Å². The minimum absolute atomic E-state index is 0.0786. The van der Waals surface area contributed by atoms with Crippen molar-refractivity contribution in [2.24, 2.45) is 0 Å². The molecular formula is C24H32N2O2. The first kappa shape index (κ1) is 20.5. The summed E-state index contributed by atoms with van der Waals surface area (Å²) in [6.45, 7) is 10.6. The van der Waals surface area contributed by atoms with Crippen LogP contribution in [0.3, 0.4) is 0 Å². The third-order valence-electron chi connectivity index (χ3n) is 6.12. The molecule has 150 valence electrons. The van der Waals surface area contributed by atoms with Gasteiger partial charge in [-0.1, -0.05) is 32.1 Å². The van der Waals surface area contributed by atoms with Crippen LogP contribution in [0.2, 0.25) is 0 Å². The Labute approximate surface area is 168 Å². The Balaban J connectivity index is 2.01. The predicted octanol–water partition coefficient (Wildman–Crippen LogP) is 4.20. The first-order chi connectivity index (χ1) is 13.4. The highest BCUT2D eigenvalue weighted by Crippen LogP contribution is 2.51. The van der Waals surface area contributed by atoms with Gasteiger partial charge in [-0.05, 0) is 70.0 Å². The summed E-state index contributed by atoms with van der Waals surface area (Å²) in [5.74, 6) is 0.170. The summed E-state index contributed by atoms with van der Waals surface area (Å²) in [4.78, 5) is 26.6. The van der Waals surface area contributed by atoms with Crippen LogP contribution >= 0.6 is 0 Å². The number of fused-ring (bicyclic) bond motifs is 3. The lowest BCUT2D eigenvalue weighted by molar-refractivity contribution is -0.113. The number of allylic oxidation sites excluding steroid dienone is 2. The van der Waals surface area contributed by atoms with E-state index in [1.54, 1.807) is 13.8 Å². The lowest BCUT2D eigenvalue weighted by atomic mass is 9.70. The van der Waals surface area contributed by atoms with E-state index in [0.29, 0.717) is 0 Å². The van der Waals surface area contributed by atoms with Gasteiger partial charge in [0, 0.05) is 28.8 Å². The Morgan fingerprint density at radius 2 is 1.93 bits per heavy atom. The summed E-state index contributed by atoms with van der Waals surface area (Å²) in [5, 5.41) is 3.48. The molecule has 0 fully saturated rings. The second-order valence-corrected chi connectivity index (χ2v) is 7.94. The summed E-state index contributed by atoms with van der Waals surface area (Å²) in [5.41, 5.74) is 3.62. The van der Waals surface area contributed by atoms with Gasteiger partial charge >= 0.3 is 0 Å². The van der Waals surface area contributed by atoms with E-state index in [4.69, 9.17) is 0 Å². The molecule has 2 aliphatic rings. The number of carbonyl (C=O) groups is 2. The quantitative estimate of drug-likeness (QED) is 0.515. The topological polar surface area (TPSA) is 49.4 Å². The van der Waals surface area contributed by atoms with Gasteiger partial charge in [0.1, 0.15) is 0 Å². The van der Waals surface area contributed by atoms with E-state index in [-0.39, 0.29) is 23.0 Å². The molecule has 0 saturated carbocycles. The largest absolute Gasteiger partial charge is 0.364 e. The first-order valence-corrected chi connectivity index (χ1v) is 10.5. The molecular weight excluding hydrogens is 348 g/mol. The van der Waals surface area contributed by atoms with E-state index in [0.717, 1.165) is 50.0 Å². The molecule has 0 saturated heterocycles. The van der Waals surface area contributed by atoms with Gasteiger partial charge in [-0.25, -0.2) is 0 Å². The summed E-state index contributed by atoms with van der Waals surface area (Å²) in [6, 6.07) is 6.26. The molecule has 1 aromatic carbocycles. The SMILES string of the molecule is CCCNCCCN1c2ccc(C(C)=O)cc2C2(CC)C=C(C(C)=O)C=CC12. The van der Waals surface area contributed by atoms with Crippen molar-refractivity contribution in [3.8, 4) is 0 Å². The maximum Gasteiger partial charge on any atom is 0.159 e. The minimum Gasteiger partial charge on any atom is -0.364 e. The summed E-state index contributed by atoms with van der Waals surface area (Å²) in [7, 11) is 0. The van der Waals surface area contributed by atoms with Gasteiger partial charge in [-0.3, -0.25) is 9.59 Å². The smallest absolute Gasteiger partial charge is 0.159 e. The van der Waals surface area contributed by atoms with Crippen molar-refractivity contribution >= 4 is 17.3 Å². The third kappa shape index (κ3) is 3.58. The van der Waals surface area contributed by atoms with Crippen molar-refractivity contribution < 1.29 is 9.59 Å². The van der Waals surface area contributed by atoms with Crippen molar-refractivity contribution in [1.82, 2.24) is 5.32 Å². The first-order valence-electron chi connectivity index (χ1n) is 10.5. The molecule has 1 aliphatic carbocycles. The number of rotatable bonds is 9. The van der Waals surface area contributed by atoms with Gasteiger partial charge < -0.3 is 10.2 Å².